The lowest BCUT2D eigenvalue weighted by molar-refractivity contribution is 0.0631. The van der Waals surface area contributed by atoms with Crippen LogP contribution in [0, 0.1) is 17.8 Å². The van der Waals surface area contributed by atoms with E-state index in [1.165, 1.54) is 12.8 Å². The maximum Gasteiger partial charge on any atom is 0.0571 e. The Morgan fingerprint density at radius 3 is 2.55 bits per heavy atom. The van der Waals surface area contributed by atoms with Crippen LogP contribution in [0.4, 0.5) is 0 Å². The van der Waals surface area contributed by atoms with Gasteiger partial charge < -0.3 is 9.84 Å². The number of rotatable bonds is 2. The van der Waals surface area contributed by atoms with Crippen LogP contribution in [0.5, 0.6) is 0 Å². The zero-order valence-corrected chi connectivity index (χ0v) is 6.99. The van der Waals surface area contributed by atoms with Gasteiger partial charge in [-0.05, 0) is 37.0 Å². The molecule has 2 aliphatic carbocycles. The summed E-state index contributed by atoms with van der Waals surface area (Å²) in [6, 6.07) is 0. The smallest absolute Gasteiger partial charge is 0.0571 e. The zero-order valence-electron chi connectivity index (χ0n) is 6.99. The van der Waals surface area contributed by atoms with Crippen molar-refractivity contribution in [2.24, 2.45) is 17.8 Å². The minimum absolute atomic E-state index is 0.00751. The van der Waals surface area contributed by atoms with Crippen LogP contribution < -0.4 is 0 Å². The Labute approximate surface area is 67.6 Å². The topological polar surface area (TPSA) is 29.5 Å². The Bertz CT molecular complexity index is 144. The molecule has 2 aliphatic rings. The quantitative estimate of drug-likeness (QED) is 0.647. The molecule has 0 saturated heterocycles. The summed E-state index contributed by atoms with van der Waals surface area (Å²) < 4.78 is 5.13. The molecule has 0 aliphatic heterocycles. The van der Waals surface area contributed by atoms with E-state index in [-0.39, 0.29) is 6.10 Å². The third-order valence-electron chi connectivity index (χ3n) is 3.35. The van der Waals surface area contributed by atoms with E-state index in [4.69, 9.17) is 4.74 Å². The van der Waals surface area contributed by atoms with E-state index < -0.39 is 0 Å². The van der Waals surface area contributed by atoms with E-state index in [0.717, 1.165) is 24.9 Å². The van der Waals surface area contributed by atoms with E-state index in [1.807, 2.05) is 0 Å². The summed E-state index contributed by atoms with van der Waals surface area (Å²) in [4.78, 5) is 0. The van der Waals surface area contributed by atoms with Gasteiger partial charge in [0.25, 0.3) is 0 Å². The van der Waals surface area contributed by atoms with Gasteiger partial charge in [0, 0.05) is 13.7 Å². The van der Waals surface area contributed by atoms with Gasteiger partial charge in [-0.1, -0.05) is 0 Å². The first-order chi connectivity index (χ1) is 5.31. The molecule has 0 heterocycles. The second-order valence-electron chi connectivity index (χ2n) is 4.01. The lowest BCUT2D eigenvalue weighted by Gasteiger charge is -2.23. The van der Waals surface area contributed by atoms with Gasteiger partial charge in [0.2, 0.25) is 0 Å². The molecule has 0 spiro atoms. The van der Waals surface area contributed by atoms with Crippen molar-refractivity contribution in [3.63, 3.8) is 0 Å². The van der Waals surface area contributed by atoms with Crippen LogP contribution in [-0.4, -0.2) is 24.9 Å². The summed E-state index contributed by atoms with van der Waals surface area (Å²) in [5, 5.41) is 9.46. The molecule has 64 valence electrons. The molecule has 0 amide bonds. The fourth-order valence-electron chi connectivity index (χ4n) is 2.78. The molecule has 0 unspecified atom stereocenters. The Morgan fingerprint density at radius 2 is 2.09 bits per heavy atom. The number of fused-ring (bicyclic) bond motifs is 2. The SMILES string of the molecule is COC[C@@H]1C[C@@H]2C[C@H]1C[C@H]2O. The van der Waals surface area contributed by atoms with E-state index in [0.29, 0.717) is 5.92 Å². The van der Waals surface area contributed by atoms with Gasteiger partial charge in [-0.2, -0.15) is 0 Å². The molecule has 11 heavy (non-hydrogen) atoms. The molecule has 4 atom stereocenters. The Hall–Kier alpha value is -0.0800. The Morgan fingerprint density at radius 1 is 1.27 bits per heavy atom. The second kappa shape index (κ2) is 2.76. The average Bonchev–Trinajstić information content (AvgIpc) is 2.47. The van der Waals surface area contributed by atoms with Gasteiger partial charge in [-0.3, -0.25) is 0 Å². The summed E-state index contributed by atoms with van der Waals surface area (Å²) in [6.07, 6.45) is 3.47. The number of methoxy groups -OCH3 is 1. The van der Waals surface area contributed by atoms with Crippen LogP contribution in [-0.2, 0) is 4.74 Å². The number of ether oxygens (including phenoxy) is 1. The summed E-state index contributed by atoms with van der Waals surface area (Å²) in [5.74, 6) is 2.10. The van der Waals surface area contributed by atoms with Crippen molar-refractivity contribution >= 4 is 0 Å². The highest BCUT2D eigenvalue weighted by Gasteiger charge is 2.44. The van der Waals surface area contributed by atoms with Gasteiger partial charge in [0.1, 0.15) is 0 Å². The highest BCUT2D eigenvalue weighted by atomic mass is 16.5. The fraction of sp³-hybridized carbons (Fsp3) is 1.00. The van der Waals surface area contributed by atoms with Crippen molar-refractivity contribution in [2.75, 3.05) is 13.7 Å². The summed E-state index contributed by atoms with van der Waals surface area (Å²) in [6.45, 7) is 0.897. The van der Waals surface area contributed by atoms with Gasteiger partial charge >= 0.3 is 0 Å². The Kier molecular flexibility index (Phi) is 1.90. The highest BCUT2D eigenvalue weighted by molar-refractivity contribution is 4.94. The standard InChI is InChI=1S/C9H16O2/c1-11-5-8-3-7-2-6(8)4-9(7)10/h6-10H,2-5H2,1H3/t6-,7-,8-,9+/m0/s1. The molecular formula is C9H16O2. The van der Waals surface area contributed by atoms with Gasteiger partial charge in [-0.15, -0.1) is 0 Å². The number of aliphatic hydroxyl groups is 1. The van der Waals surface area contributed by atoms with Crippen LogP contribution in [0.15, 0.2) is 0 Å². The summed E-state index contributed by atoms with van der Waals surface area (Å²) >= 11 is 0. The van der Waals surface area contributed by atoms with Crippen LogP contribution in [0.3, 0.4) is 0 Å². The number of hydrogen-bond donors (Lipinski definition) is 1. The molecule has 2 bridgehead atoms. The predicted octanol–water partition coefficient (Wildman–Crippen LogP) is 1.04. The van der Waals surface area contributed by atoms with Crippen molar-refractivity contribution in [1.82, 2.24) is 0 Å². The first-order valence-corrected chi connectivity index (χ1v) is 4.48. The van der Waals surface area contributed by atoms with E-state index in [9.17, 15) is 5.11 Å². The summed E-state index contributed by atoms with van der Waals surface area (Å²) in [5.41, 5.74) is 0. The van der Waals surface area contributed by atoms with E-state index in [1.54, 1.807) is 7.11 Å². The van der Waals surface area contributed by atoms with Crippen molar-refractivity contribution in [3.05, 3.63) is 0 Å². The maximum atomic E-state index is 9.46. The molecule has 2 saturated carbocycles. The predicted molar refractivity (Wildman–Crippen MR) is 42.2 cm³/mol. The normalized spacial score (nSPS) is 48.5. The fourth-order valence-corrected chi connectivity index (χ4v) is 2.78. The average molecular weight is 156 g/mol. The Balaban J connectivity index is 1.92. The van der Waals surface area contributed by atoms with Crippen LogP contribution in [0.25, 0.3) is 0 Å². The third kappa shape index (κ3) is 1.18. The molecule has 1 N–H and O–H groups in total. The van der Waals surface area contributed by atoms with Crippen molar-refractivity contribution in [3.8, 4) is 0 Å². The van der Waals surface area contributed by atoms with Crippen LogP contribution >= 0.6 is 0 Å². The van der Waals surface area contributed by atoms with Gasteiger partial charge in [0.15, 0.2) is 0 Å². The highest BCUT2D eigenvalue weighted by Crippen LogP contribution is 2.48. The van der Waals surface area contributed by atoms with Crippen LogP contribution in [0.1, 0.15) is 19.3 Å². The molecule has 2 fully saturated rings. The van der Waals surface area contributed by atoms with Gasteiger partial charge in [-0.25, -0.2) is 0 Å². The monoisotopic (exact) mass is 156 g/mol. The van der Waals surface area contributed by atoms with Crippen molar-refractivity contribution in [1.29, 1.82) is 0 Å². The molecule has 0 aromatic carbocycles. The minimum atomic E-state index is 0.00751. The van der Waals surface area contributed by atoms with E-state index >= 15 is 0 Å². The zero-order chi connectivity index (χ0) is 7.84. The molecule has 0 radical (unpaired) electrons. The first kappa shape index (κ1) is 7.56. The second-order valence-corrected chi connectivity index (χ2v) is 4.01. The third-order valence-corrected chi connectivity index (χ3v) is 3.35. The molecule has 2 rings (SSSR count). The lowest BCUT2D eigenvalue weighted by Crippen LogP contribution is -2.24. The largest absolute Gasteiger partial charge is 0.393 e. The molecule has 0 aromatic rings. The molecular weight excluding hydrogens is 140 g/mol. The number of hydrogen-bond acceptors (Lipinski definition) is 2. The molecule has 2 heteroatoms. The maximum absolute atomic E-state index is 9.46. The minimum Gasteiger partial charge on any atom is -0.393 e. The van der Waals surface area contributed by atoms with Crippen LogP contribution in [0.2, 0.25) is 0 Å². The molecule has 0 aromatic heterocycles. The summed E-state index contributed by atoms with van der Waals surface area (Å²) in [7, 11) is 1.77. The van der Waals surface area contributed by atoms with Crippen molar-refractivity contribution in [2.45, 2.75) is 25.4 Å². The first-order valence-electron chi connectivity index (χ1n) is 4.48. The van der Waals surface area contributed by atoms with Gasteiger partial charge in [0.05, 0.1) is 6.10 Å². The lowest BCUT2D eigenvalue weighted by atomic mass is 9.88. The van der Waals surface area contributed by atoms with Crippen molar-refractivity contribution < 1.29 is 9.84 Å². The molecule has 2 nitrogen and oxygen atoms in total. The number of aliphatic hydroxyl groups excluding tert-OH is 1. The van der Waals surface area contributed by atoms with E-state index in [2.05, 4.69) is 0 Å².